The van der Waals surface area contributed by atoms with Crippen molar-refractivity contribution < 1.29 is 9.53 Å². The molecule has 1 heterocycles. The standard InChI is InChI=1S/C19H30N2O2/c1-15-7-5-6-8-16(15)13-21-11-9-17(10-12-21)20-18(22)19(2,3)14-23-4/h5-8,17H,9-14H2,1-4H3,(H,20,22). The Morgan fingerprint density at radius 2 is 1.96 bits per heavy atom. The number of nitrogens with zero attached hydrogens (tertiary/aromatic N) is 1. The maximum atomic E-state index is 12.3. The summed E-state index contributed by atoms with van der Waals surface area (Å²) in [6.07, 6.45) is 2.03. The molecule has 0 unspecified atom stereocenters. The van der Waals surface area contributed by atoms with Gasteiger partial charge in [-0.15, -0.1) is 0 Å². The van der Waals surface area contributed by atoms with Crippen LogP contribution in [0.5, 0.6) is 0 Å². The van der Waals surface area contributed by atoms with Crippen LogP contribution >= 0.6 is 0 Å². The molecule has 128 valence electrons. The van der Waals surface area contributed by atoms with E-state index in [4.69, 9.17) is 4.74 Å². The van der Waals surface area contributed by atoms with Gasteiger partial charge in [0.05, 0.1) is 12.0 Å². The first-order valence-corrected chi connectivity index (χ1v) is 8.49. The summed E-state index contributed by atoms with van der Waals surface area (Å²) >= 11 is 0. The van der Waals surface area contributed by atoms with Crippen molar-refractivity contribution >= 4 is 5.91 Å². The van der Waals surface area contributed by atoms with Crippen molar-refractivity contribution in [2.45, 2.75) is 46.2 Å². The summed E-state index contributed by atoms with van der Waals surface area (Å²) in [5, 5.41) is 3.19. The summed E-state index contributed by atoms with van der Waals surface area (Å²) in [6.45, 7) is 9.54. The lowest BCUT2D eigenvalue weighted by atomic mass is 9.92. The topological polar surface area (TPSA) is 41.6 Å². The summed E-state index contributed by atoms with van der Waals surface area (Å²) in [7, 11) is 1.64. The number of amides is 1. The van der Waals surface area contributed by atoms with Gasteiger partial charge in [-0.25, -0.2) is 0 Å². The van der Waals surface area contributed by atoms with E-state index in [0.29, 0.717) is 6.61 Å². The molecule has 0 atom stereocenters. The first-order valence-electron chi connectivity index (χ1n) is 8.49. The van der Waals surface area contributed by atoms with E-state index in [1.54, 1.807) is 7.11 Å². The van der Waals surface area contributed by atoms with Crippen LogP contribution in [0, 0.1) is 12.3 Å². The second-order valence-electron chi connectivity index (χ2n) is 7.27. The van der Waals surface area contributed by atoms with Crippen molar-refractivity contribution in [3.05, 3.63) is 35.4 Å². The molecule has 1 N–H and O–H groups in total. The van der Waals surface area contributed by atoms with Gasteiger partial charge in [0.25, 0.3) is 0 Å². The van der Waals surface area contributed by atoms with Crippen LogP contribution in [0.15, 0.2) is 24.3 Å². The fourth-order valence-electron chi connectivity index (χ4n) is 3.07. The number of hydrogen-bond donors (Lipinski definition) is 1. The highest BCUT2D eigenvalue weighted by Gasteiger charge is 2.30. The molecule has 2 rings (SSSR count). The third kappa shape index (κ3) is 5.05. The van der Waals surface area contributed by atoms with Gasteiger partial charge in [0.15, 0.2) is 0 Å². The van der Waals surface area contributed by atoms with E-state index in [2.05, 4.69) is 41.4 Å². The second kappa shape index (κ2) is 7.93. The molecule has 0 aliphatic carbocycles. The predicted octanol–water partition coefficient (Wildman–Crippen LogP) is 2.75. The molecule has 0 bridgehead atoms. The molecule has 1 aliphatic heterocycles. The lowest BCUT2D eigenvalue weighted by molar-refractivity contribution is -0.133. The van der Waals surface area contributed by atoms with Crippen molar-refractivity contribution in [2.75, 3.05) is 26.8 Å². The Morgan fingerprint density at radius 3 is 2.57 bits per heavy atom. The molecule has 0 saturated carbocycles. The van der Waals surface area contributed by atoms with Crippen LogP contribution in [-0.2, 0) is 16.1 Å². The van der Waals surface area contributed by atoms with E-state index in [9.17, 15) is 4.79 Å². The summed E-state index contributed by atoms with van der Waals surface area (Å²) in [4.78, 5) is 14.8. The summed E-state index contributed by atoms with van der Waals surface area (Å²) < 4.78 is 5.14. The third-order valence-corrected chi connectivity index (χ3v) is 4.70. The normalized spacial score (nSPS) is 17.2. The van der Waals surface area contributed by atoms with Gasteiger partial charge in [-0.2, -0.15) is 0 Å². The quantitative estimate of drug-likeness (QED) is 0.877. The van der Waals surface area contributed by atoms with Gasteiger partial charge in [0, 0.05) is 32.8 Å². The summed E-state index contributed by atoms with van der Waals surface area (Å²) in [6, 6.07) is 8.85. The smallest absolute Gasteiger partial charge is 0.228 e. The lowest BCUT2D eigenvalue weighted by Crippen LogP contribution is -2.49. The van der Waals surface area contributed by atoms with Gasteiger partial charge in [0.1, 0.15) is 0 Å². The van der Waals surface area contributed by atoms with E-state index in [-0.39, 0.29) is 11.9 Å². The van der Waals surface area contributed by atoms with Gasteiger partial charge in [-0.1, -0.05) is 24.3 Å². The molecular formula is C19H30N2O2. The Kier molecular flexibility index (Phi) is 6.19. The molecular weight excluding hydrogens is 288 g/mol. The maximum absolute atomic E-state index is 12.3. The minimum Gasteiger partial charge on any atom is -0.384 e. The van der Waals surface area contributed by atoms with Crippen LogP contribution in [0.3, 0.4) is 0 Å². The van der Waals surface area contributed by atoms with Crippen molar-refractivity contribution in [1.82, 2.24) is 10.2 Å². The summed E-state index contributed by atoms with van der Waals surface area (Å²) in [5.74, 6) is 0.0942. The molecule has 4 nitrogen and oxygen atoms in total. The Morgan fingerprint density at radius 1 is 1.30 bits per heavy atom. The highest BCUT2D eigenvalue weighted by molar-refractivity contribution is 5.82. The fourth-order valence-corrected chi connectivity index (χ4v) is 3.07. The van der Waals surface area contributed by atoms with Gasteiger partial charge in [-0.05, 0) is 44.7 Å². The fraction of sp³-hybridized carbons (Fsp3) is 0.632. The molecule has 1 amide bonds. The second-order valence-corrected chi connectivity index (χ2v) is 7.27. The number of hydrogen-bond acceptors (Lipinski definition) is 3. The number of rotatable bonds is 6. The van der Waals surface area contributed by atoms with Gasteiger partial charge in [-0.3, -0.25) is 9.69 Å². The number of ether oxygens (including phenoxy) is 1. The zero-order chi connectivity index (χ0) is 16.9. The van der Waals surface area contributed by atoms with E-state index in [0.717, 1.165) is 32.5 Å². The average molecular weight is 318 g/mol. The van der Waals surface area contributed by atoms with Crippen molar-refractivity contribution in [3.63, 3.8) is 0 Å². The Bertz CT molecular complexity index is 520. The molecule has 23 heavy (non-hydrogen) atoms. The number of carbonyl (C=O) groups is 1. The number of piperidine rings is 1. The van der Waals surface area contributed by atoms with Crippen LogP contribution in [-0.4, -0.2) is 43.7 Å². The maximum Gasteiger partial charge on any atom is 0.228 e. The van der Waals surface area contributed by atoms with Crippen molar-refractivity contribution in [1.29, 1.82) is 0 Å². The van der Waals surface area contributed by atoms with Crippen molar-refractivity contribution in [3.8, 4) is 0 Å². The monoisotopic (exact) mass is 318 g/mol. The Labute approximate surface area is 140 Å². The number of methoxy groups -OCH3 is 1. The van der Waals surface area contributed by atoms with Crippen LogP contribution in [0.2, 0.25) is 0 Å². The molecule has 1 fully saturated rings. The zero-order valence-corrected chi connectivity index (χ0v) is 14.9. The first kappa shape index (κ1) is 18.0. The van der Waals surface area contributed by atoms with Gasteiger partial charge in [0.2, 0.25) is 5.91 Å². The first-order chi connectivity index (χ1) is 10.9. The number of carbonyl (C=O) groups excluding carboxylic acids is 1. The number of aryl methyl sites for hydroxylation is 1. The van der Waals surface area contributed by atoms with E-state index in [1.807, 2.05) is 13.8 Å². The average Bonchev–Trinajstić information content (AvgIpc) is 2.51. The lowest BCUT2D eigenvalue weighted by Gasteiger charge is -2.34. The highest BCUT2D eigenvalue weighted by Crippen LogP contribution is 2.19. The van der Waals surface area contributed by atoms with E-state index < -0.39 is 5.41 Å². The van der Waals surface area contributed by atoms with E-state index in [1.165, 1.54) is 11.1 Å². The molecule has 0 radical (unpaired) electrons. The number of nitrogens with one attached hydrogen (secondary N) is 1. The van der Waals surface area contributed by atoms with Gasteiger partial charge < -0.3 is 10.1 Å². The zero-order valence-electron chi connectivity index (χ0n) is 14.9. The molecule has 4 heteroatoms. The van der Waals surface area contributed by atoms with Crippen LogP contribution < -0.4 is 5.32 Å². The third-order valence-electron chi connectivity index (χ3n) is 4.70. The highest BCUT2D eigenvalue weighted by atomic mass is 16.5. The SMILES string of the molecule is COCC(C)(C)C(=O)NC1CCN(Cc2ccccc2C)CC1. The van der Waals surface area contributed by atoms with E-state index >= 15 is 0 Å². The Hall–Kier alpha value is -1.39. The number of benzene rings is 1. The minimum atomic E-state index is -0.465. The van der Waals surface area contributed by atoms with Crippen molar-refractivity contribution in [2.24, 2.45) is 5.41 Å². The van der Waals surface area contributed by atoms with Crippen LogP contribution in [0.4, 0.5) is 0 Å². The largest absolute Gasteiger partial charge is 0.384 e. The molecule has 0 aromatic heterocycles. The van der Waals surface area contributed by atoms with Crippen LogP contribution in [0.1, 0.15) is 37.8 Å². The van der Waals surface area contributed by atoms with Crippen LogP contribution in [0.25, 0.3) is 0 Å². The predicted molar refractivity (Wildman–Crippen MR) is 93.3 cm³/mol. The Balaban J connectivity index is 1.80. The number of likely N-dealkylation sites (tertiary alicyclic amines) is 1. The minimum absolute atomic E-state index is 0.0942. The van der Waals surface area contributed by atoms with Gasteiger partial charge >= 0.3 is 0 Å². The summed E-state index contributed by atoms with van der Waals surface area (Å²) in [5.41, 5.74) is 2.29. The molecule has 1 aromatic rings. The molecule has 1 saturated heterocycles. The molecule has 0 spiro atoms. The molecule has 1 aromatic carbocycles. The molecule has 1 aliphatic rings.